The molecule has 0 fully saturated rings. The maximum absolute atomic E-state index is 3.41. The molecule has 0 heterocycles. The van der Waals surface area contributed by atoms with Gasteiger partial charge in [-0.2, -0.15) is 0 Å². The van der Waals surface area contributed by atoms with Gasteiger partial charge in [-0.15, -0.1) is 0 Å². The van der Waals surface area contributed by atoms with Gasteiger partial charge in [-0.25, -0.2) is 0 Å². The molecule has 0 aliphatic rings. The van der Waals surface area contributed by atoms with Crippen LogP contribution >= 0.6 is 0 Å². The Morgan fingerprint density at radius 1 is 1.06 bits per heavy atom. The molecule has 1 aromatic rings. The summed E-state index contributed by atoms with van der Waals surface area (Å²) < 4.78 is 0. The summed E-state index contributed by atoms with van der Waals surface area (Å²) in [4.78, 5) is 0. The van der Waals surface area contributed by atoms with E-state index in [9.17, 15) is 0 Å². The van der Waals surface area contributed by atoms with E-state index in [1.807, 2.05) is 0 Å². The predicted molar refractivity (Wildman–Crippen MR) is 76.4 cm³/mol. The van der Waals surface area contributed by atoms with Gasteiger partial charge in [0.2, 0.25) is 0 Å². The Balaban J connectivity index is 2.35. The molecule has 0 aliphatic heterocycles. The van der Waals surface area contributed by atoms with E-state index < -0.39 is 0 Å². The molecule has 17 heavy (non-hydrogen) atoms. The topological polar surface area (TPSA) is 12.0 Å². The molecule has 1 heteroatoms. The van der Waals surface area contributed by atoms with Crippen molar-refractivity contribution in [3.8, 4) is 0 Å². The molecular formula is C16H27N. The van der Waals surface area contributed by atoms with Gasteiger partial charge in [-0.3, -0.25) is 0 Å². The van der Waals surface area contributed by atoms with E-state index in [0.29, 0.717) is 5.41 Å². The van der Waals surface area contributed by atoms with Crippen LogP contribution in [0.15, 0.2) is 24.3 Å². The summed E-state index contributed by atoms with van der Waals surface area (Å²) in [6.07, 6.45) is 3.72. The molecule has 1 N–H and O–H groups in total. The second kappa shape index (κ2) is 6.80. The van der Waals surface area contributed by atoms with Crippen LogP contribution in [0.25, 0.3) is 0 Å². The Bertz CT molecular complexity index is 311. The lowest BCUT2D eigenvalue weighted by Gasteiger charge is -2.24. The Kier molecular flexibility index (Phi) is 5.70. The average molecular weight is 233 g/mol. The number of benzene rings is 1. The van der Waals surface area contributed by atoms with Crippen LogP contribution < -0.4 is 5.32 Å². The summed E-state index contributed by atoms with van der Waals surface area (Å²) in [5.41, 5.74) is 3.25. The van der Waals surface area contributed by atoms with Crippen LogP contribution in [0, 0.1) is 12.3 Å². The third-order valence-electron chi connectivity index (χ3n) is 3.44. The normalized spacial score (nSPS) is 11.8. The van der Waals surface area contributed by atoms with Gasteiger partial charge in [0.1, 0.15) is 0 Å². The number of hydrogen-bond acceptors (Lipinski definition) is 1. The highest BCUT2D eigenvalue weighted by Gasteiger charge is 2.16. The van der Waals surface area contributed by atoms with Crippen LogP contribution in [0.2, 0.25) is 0 Å². The minimum absolute atomic E-state index is 0.438. The minimum atomic E-state index is 0.438. The summed E-state index contributed by atoms with van der Waals surface area (Å²) >= 11 is 0. The highest BCUT2D eigenvalue weighted by molar-refractivity contribution is 5.21. The van der Waals surface area contributed by atoms with E-state index in [1.165, 1.54) is 30.4 Å². The predicted octanol–water partition coefficient (Wildman–Crippen LogP) is 3.95. The average Bonchev–Trinajstić information content (AvgIpc) is 2.29. The molecule has 0 atom stereocenters. The summed E-state index contributed by atoms with van der Waals surface area (Å²) in [5, 5.41) is 3.41. The van der Waals surface area contributed by atoms with Crippen molar-refractivity contribution in [2.45, 2.75) is 47.0 Å². The lowest BCUT2D eigenvalue weighted by Crippen LogP contribution is -2.22. The van der Waals surface area contributed by atoms with Crippen molar-refractivity contribution in [1.82, 2.24) is 5.32 Å². The third-order valence-corrected chi connectivity index (χ3v) is 3.44. The van der Waals surface area contributed by atoms with E-state index in [4.69, 9.17) is 0 Å². The molecule has 0 unspecified atom stereocenters. The SMILES string of the molecule is CCNCCC(C)(C)CCc1ccc(C)cc1. The van der Waals surface area contributed by atoms with Crippen molar-refractivity contribution in [3.05, 3.63) is 35.4 Å². The Labute approximate surface area is 107 Å². The second-order valence-corrected chi connectivity index (χ2v) is 5.75. The van der Waals surface area contributed by atoms with Crippen molar-refractivity contribution < 1.29 is 0 Å². The lowest BCUT2D eigenvalue weighted by atomic mass is 9.83. The first-order valence-electron chi connectivity index (χ1n) is 6.80. The molecule has 1 nitrogen and oxygen atoms in total. The van der Waals surface area contributed by atoms with E-state index in [2.05, 4.69) is 57.3 Å². The Hall–Kier alpha value is -0.820. The zero-order valence-electron chi connectivity index (χ0n) is 11.8. The third kappa shape index (κ3) is 5.88. The second-order valence-electron chi connectivity index (χ2n) is 5.75. The van der Waals surface area contributed by atoms with Gasteiger partial charge < -0.3 is 5.32 Å². The monoisotopic (exact) mass is 233 g/mol. The fraction of sp³-hybridized carbons (Fsp3) is 0.625. The van der Waals surface area contributed by atoms with E-state index in [-0.39, 0.29) is 0 Å². The van der Waals surface area contributed by atoms with E-state index >= 15 is 0 Å². The Morgan fingerprint density at radius 3 is 2.29 bits per heavy atom. The quantitative estimate of drug-likeness (QED) is 0.703. The molecule has 0 saturated carbocycles. The molecule has 96 valence electrons. The summed E-state index contributed by atoms with van der Waals surface area (Å²) in [6, 6.07) is 8.94. The first-order valence-corrected chi connectivity index (χ1v) is 6.80. The number of aryl methyl sites for hydroxylation is 2. The van der Waals surface area contributed by atoms with Gasteiger partial charge in [0.05, 0.1) is 0 Å². The van der Waals surface area contributed by atoms with Crippen molar-refractivity contribution in [1.29, 1.82) is 0 Å². The fourth-order valence-corrected chi connectivity index (χ4v) is 1.97. The lowest BCUT2D eigenvalue weighted by molar-refractivity contribution is 0.303. The molecule has 0 bridgehead atoms. The maximum Gasteiger partial charge on any atom is -0.00439 e. The first-order chi connectivity index (χ1) is 8.03. The standard InChI is InChI=1S/C16H27N/c1-5-17-13-12-16(3,4)11-10-15-8-6-14(2)7-9-15/h6-9,17H,5,10-13H2,1-4H3. The summed E-state index contributed by atoms with van der Waals surface area (Å²) in [7, 11) is 0. The van der Waals surface area contributed by atoms with Crippen LogP contribution in [-0.2, 0) is 6.42 Å². The van der Waals surface area contributed by atoms with E-state index in [0.717, 1.165) is 13.1 Å². The first kappa shape index (κ1) is 14.2. The highest BCUT2D eigenvalue weighted by atomic mass is 14.8. The van der Waals surface area contributed by atoms with Gasteiger partial charge in [-0.05, 0) is 50.3 Å². The Morgan fingerprint density at radius 2 is 1.71 bits per heavy atom. The van der Waals surface area contributed by atoms with Crippen LogP contribution in [0.4, 0.5) is 0 Å². The van der Waals surface area contributed by atoms with Gasteiger partial charge >= 0.3 is 0 Å². The zero-order valence-corrected chi connectivity index (χ0v) is 11.8. The van der Waals surface area contributed by atoms with Crippen molar-refractivity contribution in [2.24, 2.45) is 5.41 Å². The molecule has 0 amide bonds. The van der Waals surface area contributed by atoms with Crippen LogP contribution in [0.1, 0.15) is 44.7 Å². The molecular weight excluding hydrogens is 206 g/mol. The molecule has 0 radical (unpaired) electrons. The molecule has 0 saturated heterocycles. The van der Waals surface area contributed by atoms with Gasteiger partial charge in [0.25, 0.3) is 0 Å². The smallest absolute Gasteiger partial charge is 0.00439 e. The highest BCUT2D eigenvalue weighted by Crippen LogP contribution is 2.26. The van der Waals surface area contributed by atoms with Gasteiger partial charge in [0.15, 0.2) is 0 Å². The van der Waals surface area contributed by atoms with Gasteiger partial charge in [-0.1, -0.05) is 50.6 Å². The summed E-state index contributed by atoms with van der Waals surface area (Å²) in [5.74, 6) is 0. The van der Waals surface area contributed by atoms with Crippen molar-refractivity contribution in [3.63, 3.8) is 0 Å². The number of nitrogens with one attached hydrogen (secondary N) is 1. The minimum Gasteiger partial charge on any atom is -0.317 e. The van der Waals surface area contributed by atoms with Crippen LogP contribution in [0.3, 0.4) is 0 Å². The largest absolute Gasteiger partial charge is 0.317 e. The zero-order chi connectivity index (χ0) is 12.7. The molecule has 1 aromatic carbocycles. The molecule has 0 aromatic heterocycles. The number of hydrogen-bond donors (Lipinski definition) is 1. The molecule has 0 spiro atoms. The van der Waals surface area contributed by atoms with Crippen LogP contribution in [0.5, 0.6) is 0 Å². The molecule has 1 rings (SSSR count). The van der Waals surface area contributed by atoms with E-state index in [1.54, 1.807) is 0 Å². The number of rotatable bonds is 7. The van der Waals surface area contributed by atoms with Crippen molar-refractivity contribution >= 4 is 0 Å². The van der Waals surface area contributed by atoms with Gasteiger partial charge in [0, 0.05) is 0 Å². The van der Waals surface area contributed by atoms with Crippen molar-refractivity contribution in [2.75, 3.05) is 13.1 Å². The fourth-order valence-electron chi connectivity index (χ4n) is 1.97. The summed E-state index contributed by atoms with van der Waals surface area (Å²) in [6.45, 7) is 11.3. The van der Waals surface area contributed by atoms with Crippen LogP contribution in [-0.4, -0.2) is 13.1 Å². The molecule has 0 aliphatic carbocycles. The maximum atomic E-state index is 3.41.